The second kappa shape index (κ2) is 12.2. The van der Waals surface area contributed by atoms with Gasteiger partial charge in [0.2, 0.25) is 5.82 Å². The lowest BCUT2D eigenvalue weighted by atomic mass is 9.84. The van der Waals surface area contributed by atoms with Crippen molar-refractivity contribution < 1.29 is 34.9 Å². The molecule has 0 aliphatic carbocycles. The third kappa shape index (κ3) is 7.22. The molecular formula is C32H31F5O3S2. The molecule has 42 heavy (non-hydrogen) atoms. The third-order valence-corrected chi connectivity index (χ3v) is 7.82. The summed E-state index contributed by atoms with van der Waals surface area (Å²) in [5, 5.41) is 0. The number of benzene rings is 4. The summed E-state index contributed by atoms with van der Waals surface area (Å²) in [6.07, 6.45) is 0. The summed E-state index contributed by atoms with van der Waals surface area (Å²) < 4.78 is 91.3. The molecule has 0 amide bonds. The van der Waals surface area contributed by atoms with E-state index in [-0.39, 0.29) is 10.8 Å². The van der Waals surface area contributed by atoms with E-state index >= 15 is 0 Å². The summed E-state index contributed by atoms with van der Waals surface area (Å²) in [7, 11) is -5.52. The van der Waals surface area contributed by atoms with Gasteiger partial charge in [-0.05, 0) is 44.7 Å². The van der Waals surface area contributed by atoms with Gasteiger partial charge in [0.1, 0.15) is 0 Å². The Kier molecular flexibility index (Phi) is 9.66. The van der Waals surface area contributed by atoms with Crippen molar-refractivity contribution in [3.63, 3.8) is 0 Å². The summed E-state index contributed by atoms with van der Waals surface area (Å²) in [4.78, 5) is -1.25. The van der Waals surface area contributed by atoms with E-state index in [1.807, 2.05) is 0 Å². The van der Waals surface area contributed by atoms with Gasteiger partial charge in [0.05, 0.1) is 0 Å². The van der Waals surface area contributed by atoms with Crippen molar-refractivity contribution >= 4 is 22.7 Å². The first-order valence-electron chi connectivity index (χ1n) is 12.8. The van der Waals surface area contributed by atoms with Gasteiger partial charge in [-0.3, -0.25) is 4.55 Å². The normalized spacial score (nSPS) is 12.1. The highest BCUT2D eigenvalue weighted by atomic mass is 32.2. The highest BCUT2D eigenvalue weighted by Gasteiger charge is 2.32. The predicted octanol–water partition coefficient (Wildman–Crippen LogP) is 9.53. The third-order valence-electron chi connectivity index (χ3n) is 6.57. The number of thiol groups is 1. The Labute approximate surface area is 248 Å². The van der Waals surface area contributed by atoms with Gasteiger partial charge in [0, 0.05) is 10.5 Å². The number of rotatable bonds is 3. The van der Waals surface area contributed by atoms with Crippen LogP contribution in [-0.2, 0) is 20.9 Å². The largest absolute Gasteiger partial charge is 0.300 e. The van der Waals surface area contributed by atoms with Crippen LogP contribution < -0.4 is 0 Å². The lowest BCUT2D eigenvalue weighted by Gasteiger charge is -2.21. The number of hydrogen-bond acceptors (Lipinski definition) is 3. The highest BCUT2D eigenvalue weighted by molar-refractivity contribution is 7.85. The van der Waals surface area contributed by atoms with E-state index in [9.17, 15) is 30.4 Å². The van der Waals surface area contributed by atoms with Crippen LogP contribution in [0.15, 0.2) is 76.5 Å². The fraction of sp³-hybridized carbons (Fsp3) is 0.250. The Bertz CT molecular complexity index is 1670. The molecule has 4 aromatic carbocycles. The van der Waals surface area contributed by atoms with Crippen molar-refractivity contribution in [3.05, 3.63) is 107 Å². The summed E-state index contributed by atoms with van der Waals surface area (Å²) in [5.41, 5.74) is 7.89. The molecule has 0 aromatic heterocycles. The Morgan fingerprint density at radius 1 is 0.595 bits per heavy atom. The van der Waals surface area contributed by atoms with Crippen molar-refractivity contribution in [3.8, 4) is 22.3 Å². The Morgan fingerprint density at radius 3 is 1.36 bits per heavy atom. The zero-order valence-corrected chi connectivity index (χ0v) is 25.6. The van der Waals surface area contributed by atoms with Crippen molar-refractivity contribution in [2.24, 2.45) is 0 Å². The van der Waals surface area contributed by atoms with Gasteiger partial charge in [-0.1, -0.05) is 102 Å². The Balaban J connectivity index is 0.000000274. The molecule has 4 aromatic rings. The average molecular weight is 623 g/mol. The maximum atomic E-state index is 12.6. The summed E-state index contributed by atoms with van der Waals surface area (Å²) >= 11 is 4.78. The predicted molar refractivity (Wildman–Crippen MR) is 158 cm³/mol. The molecule has 0 aliphatic heterocycles. The molecule has 0 fully saturated rings. The molecule has 0 atom stereocenters. The Hall–Kier alpha value is -3.21. The first-order chi connectivity index (χ1) is 19.2. The maximum absolute atomic E-state index is 12.6. The van der Waals surface area contributed by atoms with Crippen LogP contribution in [0, 0.1) is 29.1 Å². The van der Waals surface area contributed by atoms with Crippen LogP contribution in [0.3, 0.4) is 0 Å². The molecule has 4 rings (SSSR count). The minimum absolute atomic E-state index is 0.157. The molecular weight excluding hydrogens is 591 g/mol. The molecule has 0 radical (unpaired) electrons. The van der Waals surface area contributed by atoms with Crippen LogP contribution in [-0.4, -0.2) is 13.0 Å². The van der Waals surface area contributed by atoms with Crippen molar-refractivity contribution in [2.45, 2.75) is 62.2 Å². The molecule has 0 unspecified atom stereocenters. The summed E-state index contributed by atoms with van der Waals surface area (Å²) in [5.74, 6) is -12.6. The highest BCUT2D eigenvalue weighted by Crippen LogP contribution is 2.38. The van der Waals surface area contributed by atoms with Gasteiger partial charge in [0.15, 0.2) is 28.2 Å². The van der Waals surface area contributed by atoms with Gasteiger partial charge >= 0.3 is 10.1 Å². The van der Waals surface area contributed by atoms with Crippen molar-refractivity contribution in [2.75, 3.05) is 0 Å². The van der Waals surface area contributed by atoms with Gasteiger partial charge in [-0.2, -0.15) is 8.42 Å². The van der Waals surface area contributed by atoms with Crippen molar-refractivity contribution in [1.82, 2.24) is 0 Å². The number of halogens is 5. The van der Waals surface area contributed by atoms with Gasteiger partial charge < -0.3 is 0 Å². The standard InChI is InChI=1S/C26H30S.C6HF5O3S/c1-25(2,3)20-14-10-18(11-15-20)22-8-7-9-23(27)24(22)19-12-16-21(17-13-19)26(4,5)6;7-1-2(8)4(10)6(15(12,13)14)5(11)3(1)9/h7-17,27H,1-6H3;(H,12,13,14). The fourth-order valence-electron chi connectivity index (χ4n) is 4.18. The zero-order valence-electron chi connectivity index (χ0n) is 23.9. The van der Waals surface area contributed by atoms with E-state index in [4.69, 9.17) is 17.2 Å². The van der Waals surface area contributed by atoms with E-state index < -0.39 is 44.1 Å². The van der Waals surface area contributed by atoms with E-state index in [0.717, 1.165) is 4.90 Å². The van der Waals surface area contributed by atoms with Crippen LogP contribution in [0.1, 0.15) is 52.7 Å². The van der Waals surface area contributed by atoms with Crippen LogP contribution in [0.2, 0.25) is 0 Å². The molecule has 224 valence electrons. The second-order valence-corrected chi connectivity index (χ2v) is 13.6. The lowest BCUT2D eigenvalue weighted by molar-refractivity contribution is 0.352. The topological polar surface area (TPSA) is 54.4 Å². The van der Waals surface area contributed by atoms with Crippen LogP contribution >= 0.6 is 12.6 Å². The van der Waals surface area contributed by atoms with Crippen molar-refractivity contribution in [1.29, 1.82) is 0 Å². The van der Waals surface area contributed by atoms with Crippen LogP contribution in [0.5, 0.6) is 0 Å². The second-order valence-electron chi connectivity index (χ2n) is 11.7. The Morgan fingerprint density at radius 2 is 0.976 bits per heavy atom. The van der Waals surface area contributed by atoms with E-state index in [1.54, 1.807) is 0 Å². The molecule has 0 saturated heterocycles. The van der Waals surface area contributed by atoms with Gasteiger partial charge in [-0.25, -0.2) is 22.0 Å². The SMILES string of the molecule is CC(C)(C)c1ccc(-c2cccc(S)c2-c2ccc(C(C)(C)C)cc2)cc1.O=S(=O)(O)c1c(F)c(F)c(F)c(F)c1F. The van der Waals surface area contributed by atoms with Gasteiger partial charge in [-0.15, -0.1) is 12.6 Å². The molecule has 0 saturated carbocycles. The fourth-order valence-corrected chi connectivity index (χ4v) is 5.15. The smallest absolute Gasteiger partial charge is 0.282 e. The van der Waals surface area contributed by atoms with E-state index in [2.05, 4.69) is 108 Å². The molecule has 0 aliphatic rings. The molecule has 3 nitrogen and oxygen atoms in total. The maximum Gasteiger partial charge on any atom is 0.300 e. The monoisotopic (exact) mass is 622 g/mol. The van der Waals surface area contributed by atoms with Gasteiger partial charge in [0.25, 0.3) is 0 Å². The quantitative estimate of drug-likeness (QED) is 0.0787. The molecule has 0 bridgehead atoms. The first-order valence-corrected chi connectivity index (χ1v) is 14.7. The molecule has 10 heteroatoms. The summed E-state index contributed by atoms with van der Waals surface area (Å²) in [6, 6.07) is 24.2. The van der Waals surface area contributed by atoms with E-state index in [0.29, 0.717) is 0 Å². The van der Waals surface area contributed by atoms with E-state index in [1.165, 1.54) is 33.4 Å². The van der Waals surface area contributed by atoms with Crippen LogP contribution in [0.4, 0.5) is 22.0 Å². The molecule has 0 heterocycles. The molecule has 0 spiro atoms. The van der Waals surface area contributed by atoms with Crippen LogP contribution in [0.25, 0.3) is 22.3 Å². The first kappa shape index (κ1) is 33.3. The average Bonchev–Trinajstić information content (AvgIpc) is 2.89. The minimum Gasteiger partial charge on any atom is -0.282 e. The number of hydrogen-bond donors (Lipinski definition) is 2. The zero-order chi connectivity index (χ0) is 31.8. The minimum atomic E-state index is -5.52. The lowest BCUT2D eigenvalue weighted by Crippen LogP contribution is -2.11. The molecule has 1 N–H and O–H groups in total. The summed E-state index contributed by atoms with van der Waals surface area (Å²) in [6.45, 7) is 13.5.